The van der Waals surface area contributed by atoms with E-state index in [9.17, 15) is 0 Å². The van der Waals surface area contributed by atoms with Gasteiger partial charge in [-0.3, -0.25) is 0 Å². The third-order valence-corrected chi connectivity index (χ3v) is 4.54. The van der Waals surface area contributed by atoms with Crippen molar-refractivity contribution in [3.8, 4) is 0 Å². The third-order valence-electron chi connectivity index (χ3n) is 4.54. The van der Waals surface area contributed by atoms with Crippen LogP contribution >= 0.6 is 0 Å². The maximum Gasteiger partial charge on any atom is -0.0354 e. The SMILES string of the molecule is CCCCCCCCCC(CCCCC)C(C)(C)C. The Hall–Kier alpha value is 0. The van der Waals surface area contributed by atoms with Crippen LogP contribution in [0.5, 0.6) is 0 Å². The molecule has 1 atom stereocenters. The monoisotopic (exact) mass is 268 g/mol. The molecule has 0 rings (SSSR count). The molecule has 0 heterocycles. The van der Waals surface area contributed by atoms with Crippen LogP contribution in [-0.4, -0.2) is 0 Å². The average Bonchev–Trinajstić information content (AvgIpc) is 2.34. The van der Waals surface area contributed by atoms with Crippen LogP contribution in [0, 0.1) is 11.3 Å². The van der Waals surface area contributed by atoms with Crippen molar-refractivity contribution in [1.29, 1.82) is 0 Å². The highest BCUT2D eigenvalue weighted by molar-refractivity contribution is 4.74. The van der Waals surface area contributed by atoms with Crippen LogP contribution in [0.15, 0.2) is 0 Å². The van der Waals surface area contributed by atoms with Crippen LogP contribution in [0.25, 0.3) is 0 Å². The largest absolute Gasteiger partial charge is 0.0654 e. The van der Waals surface area contributed by atoms with Gasteiger partial charge in [0.2, 0.25) is 0 Å². The molecule has 0 saturated heterocycles. The summed E-state index contributed by atoms with van der Waals surface area (Å²) >= 11 is 0. The molecule has 0 aliphatic carbocycles. The quantitative estimate of drug-likeness (QED) is 0.324. The lowest BCUT2D eigenvalue weighted by Gasteiger charge is -2.31. The molecule has 0 aliphatic rings. The lowest BCUT2D eigenvalue weighted by Crippen LogP contribution is -2.20. The minimum absolute atomic E-state index is 0.510. The van der Waals surface area contributed by atoms with Crippen LogP contribution in [0.1, 0.15) is 112 Å². The van der Waals surface area contributed by atoms with E-state index in [1.807, 2.05) is 0 Å². The van der Waals surface area contributed by atoms with Gasteiger partial charge in [-0.2, -0.15) is 0 Å². The predicted molar refractivity (Wildman–Crippen MR) is 89.7 cm³/mol. The molecule has 0 saturated carbocycles. The van der Waals surface area contributed by atoms with Gasteiger partial charge in [0.25, 0.3) is 0 Å². The van der Waals surface area contributed by atoms with Crippen LogP contribution in [-0.2, 0) is 0 Å². The number of hydrogen-bond donors (Lipinski definition) is 0. The molecule has 0 nitrogen and oxygen atoms in total. The summed E-state index contributed by atoms with van der Waals surface area (Å²) < 4.78 is 0. The summed E-state index contributed by atoms with van der Waals surface area (Å²) in [4.78, 5) is 0. The van der Waals surface area contributed by atoms with Crippen LogP contribution in [0.4, 0.5) is 0 Å². The Morgan fingerprint density at radius 3 is 1.42 bits per heavy atom. The van der Waals surface area contributed by atoms with E-state index in [1.54, 1.807) is 0 Å². The normalized spacial score (nSPS) is 13.7. The molecule has 0 amide bonds. The summed E-state index contributed by atoms with van der Waals surface area (Å²) in [7, 11) is 0. The molecule has 0 N–H and O–H groups in total. The van der Waals surface area contributed by atoms with Gasteiger partial charge < -0.3 is 0 Å². The van der Waals surface area contributed by atoms with Crippen molar-refractivity contribution >= 4 is 0 Å². The summed E-state index contributed by atoms with van der Waals surface area (Å²) in [6.07, 6.45) is 17.2. The zero-order valence-electron chi connectivity index (χ0n) is 14.6. The number of hydrogen-bond acceptors (Lipinski definition) is 0. The predicted octanol–water partition coefficient (Wildman–Crippen LogP) is 7.37. The van der Waals surface area contributed by atoms with Crippen LogP contribution in [0.3, 0.4) is 0 Å². The second-order valence-corrected chi connectivity index (χ2v) is 7.47. The van der Waals surface area contributed by atoms with Crippen molar-refractivity contribution in [1.82, 2.24) is 0 Å². The fraction of sp³-hybridized carbons (Fsp3) is 1.00. The van der Waals surface area contributed by atoms with Crippen molar-refractivity contribution in [2.75, 3.05) is 0 Å². The number of rotatable bonds is 12. The van der Waals surface area contributed by atoms with E-state index < -0.39 is 0 Å². The molecule has 0 fully saturated rings. The molecule has 0 bridgehead atoms. The van der Waals surface area contributed by atoms with Crippen molar-refractivity contribution in [2.24, 2.45) is 11.3 Å². The zero-order valence-corrected chi connectivity index (χ0v) is 14.6. The standard InChI is InChI=1S/C19H40/c1-6-8-10-11-12-13-15-17-18(19(3,4)5)16-14-9-7-2/h18H,6-17H2,1-5H3. The molecule has 0 aliphatic heterocycles. The summed E-state index contributed by atoms with van der Waals surface area (Å²) in [5.74, 6) is 0.940. The first-order valence-electron chi connectivity index (χ1n) is 9.02. The Labute approximate surface area is 123 Å². The van der Waals surface area contributed by atoms with Gasteiger partial charge in [-0.25, -0.2) is 0 Å². The Morgan fingerprint density at radius 2 is 0.947 bits per heavy atom. The first-order chi connectivity index (χ1) is 9.02. The Kier molecular flexibility index (Phi) is 11.8. The van der Waals surface area contributed by atoms with Gasteiger partial charge >= 0.3 is 0 Å². The van der Waals surface area contributed by atoms with E-state index in [0.717, 1.165) is 5.92 Å². The topological polar surface area (TPSA) is 0 Å². The number of unbranched alkanes of at least 4 members (excludes halogenated alkanes) is 8. The van der Waals surface area contributed by atoms with Gasteiger partial charge in [0.05, 0.1) is 0 Å². The zero-order chi connectivity index (χ0) is 14.6. The fourth-order valence-electron chi connectivity index (χ4n) is 3.00. The molecule has 0 spiro atoms. The first kappa shape index (κ1) is 19.0. The summed E-state index contributed by atoms with van der Waals surface area (Å²) in [5.41, 5.74) is 0.510. The molecule has 0 aromatic carbocycles. The van der Waals surface area contributed by atoms with Gasteiger partial charge in [-0.15, -0.1) is 0 Å². The van der Waals surface area contributed by atoms with E-state index in [2.05, 4.69) is 34.6 Å². The highest BCUT2D eigenvalue weighted by Crippen LogP contribution is 2.34. The summed E-state index contributed by atoms with van der Waals surface area (Å²) in [5, 5.41) is 0. The molecular weight excluding hydrogens is 228 g/mol. The van der Waals surface area contributed by atoms with Crippen LogP contribution < -0.4 is 0 Å². The molecule has 0 radical (unpaired) electrons. The van der Waals surface area contributed by atoms with Gasteiger partial charge in [-0.05, 0) is 24.2 Å². The summed E-state index contributed by atoms with van der Waals surface area (Å²) in [6, 6.07) is 0. The van der Waals surface area contributed by atoms with E-state index >= 15 is 0 Å². The Bertz CT molecular complexity index is 175. The Morgan fingerprint density at radius 1 is 0.579 bits per heavy atom. The van der Waals surface area contributed by atoms with Crippen molar-refractivity contribution in [3.63, 3.8) is 0 Å². The fourth-order valence-corrected chi connectivity index (χ4v) is 3.00. The van der Waals surface area contributed by atoms with Gasteiger partial charge in [0, 0.05) is 0 Å². The van der Waals surface area contributed by atoms with Crippen molar-refractivity contribution in [2.45, 2.75) is 112 Å². The second kappa shape index (κ2) is 11.8. The van der Waals surface area contributed by atoms with E-state index in [-0.39, 0.29) is 0 Å². The molecule has 0 aromatic rings. The molecule has 0 aromatic heterocycles. The molecule has 0 heteroatoms. The second-order valence-electron chi connectivity index (χ2n) is 7.47. The minimum atomic E-state index is 0.510. The van der Waals surface area contributed by atoms with Gasteiger partial charge in [0.1, 0.15) is 0 Å². The average molecular weight is 269 g/mol. The van der Waals surface area contributed by atoms with Gasteiger partial charge in [-0.1, -0.05) is 98.8 Å². The molecule has 1 unspecified atom stereocenters. The maximum absolute atomic E-state index is 2.44. The molecule has 19 heavy (non-hydrogen) atoms. The van der Waals surface area contributed by atoms with Crippen molar-refractivity contribution < 1.29 is 0 Å². The van der Waals surface area contributed by atoms with Crippen LogP contribution in [0.2, 0.25) is 0 Å². The Balaban J connectivity index is 3.69. The van der Waals surface area contributed by atoms with Gasteiger partial charge in [0.15, 0.2) is 0 Å². The smallest absolute Gasteiger partial charge is 0.0354 e. The molecular formula is C19H40. The molecule has 116 valence electrons. The first-order valence-corrected chi connectivity index (χ1v) is 9.02. The van der Waals surface area contributed by atoms with E-state index in [4.69, 9.17) is 0 Å². The highest BCUT2D eigenvalue weighted by Gasteiger charge is 2.23. The minimum Gasteiger partial charge on any atom is -0.0654 e. The lowest BCUT2D eigenvalue weighted by atomic mass is 9.75. The third kappa shape index (κ3) is 11.5. The summed E-state index contributed by atoms with van der Waals surface area (Å²) in [6.45, 7) is 11.9. The maximum atomic E-state index is 2.44. The van der Waals surface area contributed by atoms with E-state index in [0.29, 0.717) is 5.41 Å². The van der Waals surface area contributed by atoms with Crippen molar-refractivity contribution in [3.05, 3.63) is 0 Å². The van der Waals surface area contributed by atoms with E-state index in [1.165, 1.54) is 77.0 Å². The lowest BCUT2D eigenvalue weighted by molar-refractivity contribution is 0.201. The highest BCUT2D eigenvalue weighted by atomic mass is 14.3.